The third-order valence-electron chi connectivity index (χ3n) is 2.89. The molecule has 0 spiro atoms. The summed E-state index contributed by atoms with van der Waals surface area (Å²) in [6.07, 6.45) is 0.875. The topological polar surface area (TPSA) is 69.8 Å². The van der Waals surface area contributed by atoms with Gasteiger partial charge in [0.2, 0.25) is 0 Å². The van der Waals surface area contributed by atoms with E-state index in [9.17, 15) is 9.18 Å². The quantitative estimate of drug-likeness (QED) is 0.766. The van der Waals surface area contributed by atoms with E-state index in [4.69, 9.17) is 10.8 Å². The number of aromatic carboxylic acids is 1. The van der Waals surface area contributed by atoms with E-state index in [-0.39, 0.29) is 11.3 Å². The van der Waals surface area contributed by atoms with E-state index in [0.717, 1.165) is 13.0 Å². The highest BCUT2D eigenvalue weighted by atomic mass is 19.1. The molecule has 1 aromatic carbocycles. The highest BCUT2D eigenvalue weighted by Crippen LogP contribution is 2.27. The molecule has 1 aromatic rings. The molecule has 0 fully saturated rings. The maximum atomic E-state index is 13.3. The van der Waals surface area contributed by atoms with E-state index in [1.54, 1.807) is 11.9 Å². The monoisotopic (exact) mass is 269 g/mol. The van der Waals surface area contributed by atoms with Crippen LogP contribution in [-0.2, 0) is 0 Å². The molecule has 1 rings (SSSR count). The molecule has 0 unspecified atom stereocenters. The largest absolute Gasteiger partial charge is 0.478 e. The number of nitrogens with two attached hydrogens (primary N) is 1. The van der Waals surface area contributed by atoms with E-state index < -0.39 is 11.8 Å². The van der Waals surface area contributed by atoms with E-state index in [1.165, 1.54) is 12.1 Å². The Morgan fingerprint density at radius 1 is 1.32 bits per heavy atom. The first-order chi connectivity index (χ1) is 8.84. The Hall–Kier alpha value is -1.82. The van der Waals surface area contributed by atoms with Crippen molar-refractivity contribution in [2.24, 2.45) is 0 Å². The lowest BCUT2D eigenvalue weighted by Gasteiger charge is -2.23. The van der Waals surface area contributed by atoms with Gasteiger partial charge >= 0.3 is 5.97 Å². The molecular formula is C13H20FN3O2. The molecule has 0 aliphatic heterocycles. The van der Waals surface area contributed by atoms with Crippen LogP contribution in [0.4, 0.5) is 15.8 Å². The molecule has 5 nitrogen and oxygen atoms in total. The van der Waals surface area contributed by atoms with Crippen molar-refractivity contribution in [2.75, 3.05) is 44.9 Å². The lowest BCUT2D eigenvalue weighted by Crippen LogP contribution is -2.25. The van der Waals surface area contributed by atoms with Crippen LogP contribution in [0.2, 0.25) is 0 Å². The third kappa shape index (κ3) is 3.82. The van der Waals surface area contributed by atoms with Gasteiger partial charge in [0.05, 0.1) is 11.4 Å². The van der Waals surface area contributed by atoms with Gasteiger partial charge in [0, 0.05) is 13.6 Å². The van der Waals surface area contributed by atoms with E-state index in [0.29, 0.717) is 12.2 Å². The van der Waals surface area contributed by atoms with Crippen LogP contribution in [0.3, 0.4) is 0 Å². The maximum absolute atomic E-state index is 13.3. The van der Waals surface area contributed by atoms with Gasteiger partial charge in [-0.3, -0.25) is 0 Å². The lowest BCUT2D eigenvalue weighted by atomic mass is 10.1. The second-order valence-corrected chi connectivity index (χ2v) is 4.74. The van der Waals surface area contributed by atoms with Gasteiger partial charge in [0.25, 0.3) is 0 Å². The Labute approximate surface area is 112 Å². The summed E-state index contributed by atoms with van der Waals surface area (Å²) in [5.41, 5.74) is 5.45. The van der Waals surface area contributed by atoms with Gasteiger partial charge in [-0.15, -0.1) is 0 Å². The molecule has 0 aromatic heterocycles. The van der Waals surface area contributed by atoms with Gasteiger partial charge in [0.1, 0.15) is 11.4 Å². The number of hydrogen-bond donors (Lipinski definition) is 2. The van der Waals surface area contributed by atoms with Crippen LogP contribution in [0.5, 0.6) is 0 Å². The first-order valence-electron chi connectivity index (χ1n) is 6.01. The van der Waals surface area contributed by atoms with Gasteiger partial charge in [-0.05, 0) is 39.2 Å². The summed E-state index contributed by atoms with van der Waals surface area (Å²) in [6.45, 7) is 1.56. The van der Waals surface area contributed by atoms with Gasteiger partial charge in [0.15, 0.2) is 0 Å². The Morgan fingerprint density at radius 2 is 1.95 bits per heavy atom. The predicted octanol–water partition coefficient (Wildman–Crippen LogP) is 1.49. The fraction of sp³-hybridized carbons (Fsp3) is 0.462. The summed E-state index contributed by atoms with van der Waals surface area (Å²) >= 11 is 0. The van der Waals surface area contributed by atoms with Crippen LogP contribution in [0.15, 0.2) is 12.1 Å². The van der Waals surface area contributed by atoms with Crippen molar-refractivity contribution in [3.8, 4) is 0 Å². The number of anilines is 2. The second-order valence-electron chi connectivity index (χ2n) is 4.74. The van der Waals surface area contributed by atoms with Crippen molar-refractivity contribution in [3.63, 3.8) is 0 Å². The summed E-state index contributed by atoms with van der Waals surface area (Å²) in [6, 6.07) is 2.64. The van der Waals surface area contributed by atoms with E-state index in [1.807, 2.05) is 19.0 Å². The number of rotatable bonds is 6. The molecule has 6 heteroatoms. The number of carbonyl (C=O) groups is 1. The molecule has 0 heterocycles. The highest BCUT2D eigenvalue weighted by Gasteiger charge is 2.19. The molecule has 106 valence electrons. The van der Waals surface area contributed by atoms with Crippen LogP contribution in [0.1, 0.15) is 16.8 Å². The molecule has 0 radical (unpaired) electrons. The molecule has 0 amide bonds. The molecule has 0 bridgehead atoms. The molecular weight excluding hydrogens is 249 g/mol. The van der Waals surface area contributed by atoms with Gasteiger partial charge in [-0.2, -0.15) is 0 Å². The zero-order valence-electron chi connectivity index (χ0n) is 11.5. The number of nitrogen functional groups attached to an aromatic ring is 1. The number of benzene rings is 1. The first-order valence-corrected chi connectivity index (χ1v) is 6.01. The van der Waals surface area contributed by atoms with Crippen LogP contribution in [0.25, 0.3) is 0 Å². The standard InChI is InChI=1S/C13H20FN3O2/c1-16(2)7-4-8-17(3)10-6-5-9(14)12(15)11(10)13(18)19/h5-6H,4,7-8,15H2,1-3H3,(H,18,19). The maximum Gasteiger partial charge on any atom is 0.340 e. The molecule has 0 saturated carbocycles. The first kappa shape index (κ1) is 15.2. The van der Waals surface area contributed by atoms with E-state index in [2.05, 4.69) is 0 Å². The molecule has 0 saturated heterocycles. The average molecular weight is 269 g/mol. The predicted molar refractivity (Wildman–Crippen MR) is 74.2 cm³/mol. The number of carboxylic acid groups (broad SMARTS) is 1. The van der Waals surface area contributed by atoms with Gasteiger partial charge in [-0.1, -0.05) is 0 Å². The number of nitrogens with zero attached hydrogens (tertiary/aromatic N) is 2. The van der Waals surface area contributed by atoms with Crippen molar-refractivity contribution in [3.05, 3.63) is 23.5 Å². The number of hydrogen-bond acceptors (Lipinski definition) is 4. The Balaban J connectivity index is 2.93. The Bertz CT molecular complexity index is 463. The Kier molecular flexibility index (Phi) is 5.11. The van der Waals surface area contributed by atoms with Crippen LogP contribution < -0.4 is 10.6 Å². The Morgan fingerprint density at radius 3 is 2.47 bits per heavy atom. The summed E-state index contributed by atoms with van der Waals surface area (Å²) in [5, 5.41) is 9.15. The fourth-order valence-electron chi connectivity index (χ4n) is 1.87. The van der Waals surface area contributed by atoms with Crippen molar-refractivity contribution < 1.29 is 14.3 Å². The van der Waals surface area contributed by atoms with Crippen LogP contribution in [0, 0.1) is 5.82 Å². The SMILES string of the molecule is CN(C)CCCN(C)c1ccc(F)c(N)c1C(=O)O. The highest BCUT2D eigenvalue weighted by molar-refractivity contribution is 6.00. The normalized spacial score (nSPS) is 10.8. The minimum Gasteiger partial charge on any atom is -0.478 e. The molecule has 0 aliphatic carbocycles. The second kappa shape index (κ2) is 6.38. The molecule has 0 atom stereocenters. The van der Waals surface area contributed by atoms with Crippen molar-refractivity contribution >= 4 is 17.3 Å². The van der Waals surface area contributed by atoms with Gasteiger partial charge in [-0.25, -0.2) is 9.18 Å². The fourth-order valence-corrected chi connectivity index (χ4v) is 1.87. The minimum absolute atomic E-state index is 0.174. The van der Waals surface area contributed by atoms with Crippen LogP contribution >= 0.6 is 0 Å². The van der Waals surface area contributed by atoms with Crippen molar-refractivity contribution in [2.45, 2.75) is 6.42 Å². The van der Waals surface area contributed by atoms with Crippen molar-refractivity contribution in [1.29, 1.82) is 0 Å². The number of halogens is 1. The zero-order chi connectivity index (χ0) is 14.6. The number of carboxylic acids is 1. The average Bonchev–Trinajstić information content (AvgIpc) is 2.31. The summed E-state index contributed by atoms with van der Waals surface area (Å²) in [7, 11) is 5.71. The van der Waals surface area contributed by atoms with Gasteiger partial charge < -0.3 is 20.6 Å². The molecule has 3 N–H and O–H groups in total. The molecule has 0 aliphatic rings. The van der Waals surface area contributed by atoms with E-state index >= 15 is 0 Å². The van der Waals surface area contributed by atoms with Crippen molar-refractivity contribution in [1.82, 2.24) is 4.90 Å². The lowest BCUT2D eigenvalue weighted by molar-refractivity contribution is 0.0698. The summed E-state index contributed by atoms with van der Waals surface area (Å²) < 4.78 is 13.3. The summed E-state index contributed by atoms with van der Waals surface area (Å²) in [4.78, 5) is 15.0. The summed E-state index contributed by atoms with van der Waals surface area (Å²) in [5.74, 6) is -1.92. The minimum atomic E-state index is -1.22. The third-order valence-corrected chi connectivity index (χ3v) is 2.89. The molecule has 19 heavy (non-hydrogen) atoms. The zero-order valence-corrected chi connectivity index (χ0v) is 11.5. The van der Waals surface area contributed by atoms with Crippen LogP contribution in [-0.4, -0.2) is 50.2 Å². The smallest absolute Gasteiger partial charge is 0.340 e.